The summed E-state index contributed by atoms with van der Waals surface area (Å²) in [5.41, 5.74) is 0. The summed E-state index contributed by atoms with van der Waals surface area (Å²) in [4.78, 5) is 8.25. The number of ether oxygens (including phenoxy) is 1. The number of thiazole rings is 1. The minimum atomic E-state index is 0.706. The van der Waals surface area contributed by atoms with Crippen LogP contribution in [0.15, 0.2) is 6.20 Å². The van der Waals surface area contributed by atoms with Crippen molar-refractivity contribution in [2.24, 2.45) is 0 Å². The van der Waals surface area contributed by atoms with E-state index in [4.69, 9.17) is 4.74 Å². The van der Waals surface area contributed by atoms with Crippen LogP contribution < -0.4 is 10.2 Å². The van der Waals surface area contributed by atoms with E-state index in [0.717, 1.165) is 39.4 Å². The molecule has 0 amide bonds. The van der Waals surface area contributed by atoms with Crippen LogP contribution in [0.5, 0.6) is 0 Å². The molecule has 3 heterocycles. The molecule has 0 aliphatic carbocycles. The summed E-state index contributed by atoms with van der Waals surface area (Å²) in [7, 11) is 0. The van der Waals surface area contributed by atoms with Crippen LogP contribution in [-0.2, 0) is 4.74 Å². The van der Waals surface area contributed by atoms with Gasteiger partial charge < -0.3 is 15.0 Å². The second-order valence-corrected chi connectivity index (χ2v) is 5.04. The van der Waals surface area contributed by atoms with Gasteiger partial charge in [0.1, 0.15) is 0 Å². The van der Waals surface area contributed by atoms with Crippen LogP contribution in [0.25, 0.3) is 0 Å². The van der Waals surface area contributed by atoms with Crippen molar-refractivity contribution in [1.82, 2.24) is 10.3 Å². The molecule has 4 nitrogen and oxygen atoms in total. The number of rotatable bonds is 2. The first-order chi connectivity index (χ1) is 7.43. The molecule has 0 bridgehead atoms. The highest BCUT2D eigenvalue weighted by atomic mass is 32.1. The monoisotopic (exact) mass is 225 g/mol. The van der Waals surface area contributed by atoms with E-state index in [-0.39, 0.29) is 0 Å². The van der Waals surface area contributed by atoms with Gasteiger partial charge >= 0.3 is 0 Å². The van der Waals surface area contributed by atoms with Gasteiger partial charge in [-0.3, -0.25) is 0 Å². The highest BCUT2D eigenvalue weighted by Crippen LogP contribution is 2.30. The lowest BCUT2D eigenvalue weighted by molar-refractivity contribution is 0.122. The molecule has 2 saturated heterocycles. The molecule has 0 atom stereocenters. The molecule has 15 heavy (non-hydrogen) atoms. The predicted molar refractivity (Wildman–Crippen MR) is 60.8 cm³/mol. The van der Waals surface area contributed by atoms with E-state index >= 15 is 0 Å². The Bertz CT molecular complexity index is 331. The fraction of sp³-hybridized carbons (Fsp3) is 0.700. The molecule has 2 aliphatic rings. The minimum absolute atomic E-state index is 0.706. The molecule has 1 aromatic heterocycles. The lowest BCUT2D eigenvalue weighted by atomic mass is 10.0. The average molecular weight is 225 g/mol. The molecule has 2 aliphatic heterocycles. The number of aromatic nitrogens is 1. The van der Waals surface area contributed by atoms with Crippen LogP contribution in [0.3, 0.4) is 0 Å². The second-order valence-electron chi connectivity index (χ2n) is 4.00. The summed E-state index contributed by atoms with van der Waals surface area (Å²) >= 11 is 1.84. The number of nitrogens with one attached hydrogen (secondary N) is 1. The highest BCUT2D eigenvalue weighted by molar-refractivity contribution is 7.15. The van der Waals surface area contributed by atoms with Crippen molar-refractivity contribution in [2.45, 2.75) is 5.92 Å². The van der Waals surface area contributed by atoms with E-state index in [0.29, 0.717) is 5.92 Å². The smallest absolute Gasteiger partial charge is 0.185 e. The molecule has 2 fully saturated rings. The average Bonchev–Trinajstić information content (AvgIpc) is 2.66. The summed E-state index contributed by atoms with van der Waals surface area (Å²) in [6.45, 7) is 5.86. The van der Waals surface area contributed by atoms with Crippen molar-refractivity contribution in [1.29, 1.82) is 0 Å². The molecule has 0 spiro atoms. The Balaban J connectivity index is 1.71. The third-order valence-electron chi connectivity index (χ3n) is 2.98. The maximum atomic E-state index is 5.33. The minimum Gasteiger partial charge on any atom is -0.378 e. The van der Waals surface area contributed by atoms with Crippen LogP contribution in [0.2, 0.25) is 0 Å². The second kappa shape index (κ2) is 4.08. The first-order valence-electron chi connectivity index (χ1n) is 5.42. The Labute approximate surface area is 93.3 Å². The molecule has 0 saturated carbocycles. The zero-order chi connectivity index (χ0) is 10.1. The Morgan fingerprint density at radius 2 is 2.20 bits per heavy atom. The molecular formula is C10H15N3OS. The summed E-state index contributed by atoms with van der Waals surface area (Å²) in [6.07, 6.45) is 2.04. The maximum Gasteiger partial charge on any atom is 0.185 e. The molecule has 5 heteroatoms. The Morgan fingerprint density at radius 1 is 1.40 bits per heavy atom. The zero-order valence-corrected chi connectivity index (χ0v) is 9.42. The fourth-order valence-electron chi connectivity index (χ4n) is 1.86. The normalized spacial score (nSPS) is 22.8. The van der Waals surface area contributed by atoms with Gasteiger partial charge in [-0.1, -0.05) is 0 Å². The SMILES string of the molecule is c1nc(N2CCOCC2)sc1C1CNC1. The predicted octanol–water partition coefficient (Wildman–Crippen LogP) is 0.667. The van der Waals surface area contributed by atoms with E-state index in [9.17, 15) is 0 Å². The largest absolute Gasteiger partial charge is 0.378 e. The summed E-state index contributed by atoms with van der Waals surface area (Å²) in [6, 6.07) is 0. The maximum absolute atomic E-state index is 5.33. The Morgan fingerprint density at radius 3 is 2.87 bits per heavy atom. The lowest BCUT2D eigenvalue weighted by Crippen LogP contribution is -2.39. The standard InChI is InChI=1S/C10H15N3OS/c1-3-14-4-2-13(1)10-12-7-9(15-10)8-5-11-6-8/h7-8,11H,1-6H2. The van der Waals surface area contributed by atoms with Gasteiger partial charge in [-0.25, -0.2) is 4.98 Å². The van der Waals surface area contributed by atoms with Crippen molar-refractivity contribution in [3.05, 3.63) is 11.1 Å². The molecule has 82 valence electrons. The van der Waals surface area contributed by atoms with Crippen LogP contribution in [0, 0.1) is 0 Å². The van der Waals surface area contributed by atoms with Crippen molar-refractivity contribution < 1.29 is 4.74 Å². The van der Waals surface area contributed by atoms with Crippen LogP contribution in [-0.4, -0.2) is 44.4 Å². The van der Waals surface area contributed by atoms with E-state index in [2.05, 4.69) is 15.2 Å². The molecule has 1 N–H and O–H groups in total. The number of nitrogens with zero attached hydrogens (tertiary/aromatic N) is 2. The third-order valence-corrected chi connectivity index (χ3v) is 4.20. The van der Waals surface area contributed by atoms with E-state index in [1.807, 2.05) is 17.5 Å². The topological polar surface area (TPSA) is 37.4 Å². The van der Waals surface area contributed by atoms with Gasteiger partial charge in [0.05, 0.1) is 13.2 Å². The van der Waals surface area contributed by atoms with Crippen molar-refractivity contribution in [2.75, 3.05) is 44.3 Å². The summed E-state index contributed by atoms with van der Waals surface area (Å²) < 4.78 is 5.33. The Kier molecular flexibility index (Phi) is 2.60. The quantitative estimate of drug-likeness (QED) is 0.802. The molecule has 3 rings (SSSR count). The third kappa shape index (κ3) is 1.87. The van der Waals surface area contributed by atoms with Gasteiger partial charge in [-0.05, 0) is 0 Å². The molecule has 1 aromatic rings. The van der Waals surface area contributed by atoms with Gasteiger partial charge in [0.2, 0.25) is 0 Å². The highest BCUT2D eigenvalue weighted by Gasteiger charge is 2.23. The molecule has 0 aromatic carbocycles. The molecule has 0 radical (unpaired) electrons. The van der Waals surface area contributed by atoms with Crippen LogP contribution in [0.4, 0.5) is 5.13 Å². The van der Waals surface area contributed by atoms with Gasteiger partial charge in [-0.15, -0.1) is 11.3 Å². The molecular weight excluding hydrogens is 210 g/mol. The molecule has 0 unspecified atom stereocenters. The van der Waals surface area contributed by atoms with Gasteiger partial charge in [0.25, 0.3) is 0 Å². The van der Waals surface area contributed by atoms with Gasteiger partial charge in [-0.2, -0.15) is 0 Å². The van der Waals surface area contributed by atoms with Gasteiger partial charge in [0.15, 0.2) is 5.13 Å². The van der Waals surface area contributed by atoms with Crippen molar-refractivity contribution in [3.8, 4) is 0 Å². The number of anilines is 1. The number of morpholine rings is 1. The number of hydrogen-bond acceptors (Lipinski definition) is 5. The van der Waals surface area contributed by atoms with Gasteiger partial charge in [0, 0.05) is 43.2 Å². The zero-order valence-electron chi connectivity index (χ0n) is 8.61. The van der Waals surface area contributed by atoms with E-state index in [1.54, 1.807) is 0 Å². The first-order valence-corrected chi connectivity index (χ1v) is 6.24. The summed E-state index contributed by atoms with van der Waals surface area (Å²) in [5, 5.41) is 4.46. The van der Waals surface area contributed by atoms with Crippen molar-refractivity contribution in [3.63, 3.8) is 0 Å². The fourth-order valence-corrected chi connectivity index (χ4v) is 2.92. The first kappa shape index (κ1) is 9.57. The van der Waals surface area contributed by atoms with Crippen LogP contribution in [0.1, 0.15) is 10.8 Å². The summed E-state index contributed by atoms with van der Waals surface area (Å²) in [5.74, 6) is 0.706. The Hall–Kier alpha value is -0.650. The lowest BCUT2D eigenvalue weighted by Gasteiger charge is -2.27. The van der Waals surface area contributed by atoms with Crippen molar-refractivity contribution >= 4 is 16.5 Å². The van der Waals surface area contributed by atoms with E-state index in [1.165, 1.54) is 10.0 Å². The van der Waals surface area contributed by atoms with Crippen LogP contribution >= 0.6 is 11.3 Å². The van der Waals surface area contributed by atoms with E-state index < -0.39 is 0 Å². The number of hydrogen-bond donors (Lipinski definition) is 1.